The van der Waals surface area contributed by atoms with Crippen molar-refractivity contribution in [2.45, 2.75) is 51.5 Å². The maximum Gasteiger partial charge on any atom is 0.0302 e. The molecule has 1 aromatic rings. The van der Waals surface area contributed by atoms with Crippen LogP contribution >= 0.6 is 31.9 Å². The van der Waals surface area contributed by atoms with E-state index >= 15 is 0 Å². The molecule has 0 aromatic heterocycles. The molecule has 1 aliphatic rings. The summed E-state index contributed by atoms with van der Waals surface area (Å²) in [6, 6.07) is 6.83. The van der Waals surface area contributed by atoms with E-state index in [1.807, 2.05) is 0 Å². The third kappa shape index (κ3) is 4.87. The monoisotopic (exact) mass is 387 g/mol. The summed E-state index contributed by atoms with van der Waals surface area (Å²) < 4.78 is 2.30. The Hall–Kier alpha value is 0.140. The van der Waals surface area contributed by atoms with E-state index in [-0.39, 0.29) is 0 Å². The maximum atomic E-state index is 3.66. The lowest BCUT2D eigenvalue weighted by molar-refractivity contribution is 0.329. The third-order valence-electron chi connectivity index (χ3n) is 4.16. The molecular weight excluding hydrogens is 366 g/mol. The SMILES string of the molecule is CC(NCCC1CCCCC1)c1ccc(Br)cc1Br. The molecule has 3 heteroatoms. The zero-order chi connectivity index (χ0) is 13.7. The fraction of sp³-hybridized carbons (Fsp3) is 0.625. The van der Waals surface area contributed by atoms with Crippen LogP contribution < -0.4 is 5.32 Å². The Balaban J connectivity index is 1.78. The molecule has 0 spiro atoms. The number of nitrogens with one attached hydrogen (secondary N) is 1. The number of benzene rings is 1. The number of hydrogen-bond donors (Lipinski definition) is 1. The topological polar surface area (TPSA) is 12.0 Å². The highest BCUT2D eigenvalue weighted by Gasteiger charge is 2.14. The van der Waals surface area contributed by atoms with E-state index in [4.69, 9.17) is 0 Å². The van der Waals surface area contributed by atoms with Crippen LogP contribution in [-0.4, -0.2) is 6.54 Å². The summed E-state index contributed by atoms with van der Waals surface area (Å²) in [7, 11) is 0. The van der Waals surface area contributed by atoms with Crippen molar-refractivity contribution in [3.63, 3.8) is 0 Å². The Morgan fingerprint density at radius 3 is 2.63 bits per heavy atom. The smallest absolute Gasteiger partial charge is 0.0302 e. The summed E-state index contributed by atoms with van der Waals surface area (Å²) in [6.07, 6.45) is 8.55. The van der Waals surface area contributed by atoms with E-state index in [0.717, 1.165) is 16.9 Å². The molecule has 1 fully saturated rings. The molecule has 1 atom stereocenters. The van der Waals surface area contributed by atoms with E-state index in [1.165, 1.54) is 48.6 Å². The Morgan fingerprint density at radius 2 is 1.95 bits per heavy atom. The normalized spacial score (nSPS) is 18.5. The quantitative estimate of drug-likeness (QED) is 0.668. The van der Waals surface area contributed by atoms with Crippen LogP contribution in [0.4, 0.5) is 0 Å². The first-order chi connectivity index (χ1) is 9.16. The standard InChI is InChI=1S/C16H23Br2N/c1-12(15-8-7-14(17)11-16(15)18)19-10-9-13-5-3-2-4-6-13/h7-8,11-13,19H,2-6,9-10H2,1H3. The molecule has 0 saturated heterocycles. The summed E-state index contributed by atoms with van der Waals surface area (Å²) in [5.41, 5.74) is 1.34. The van der Waals surface area contributed by atoms with E-state index in [2.05, 4.69) is 62.3 Å². The van der Waals surface area contributed by atoms with Gasteiger partial charge in [-0.2, -0.15) is 0 Å². The number of rotatable bonds is 5. The lowest BCUT2D eigenvalue weighted by Crippen LogP contribution is -2.23. The van der Waals surface area contributed by atoms with Crippen LogP contribution in [0.5, 0.6) is 0 Å². The zero-order valence-corrected chi connectivity index (χ0v) is 14.8. The minimum absolute atomic E-state index is 0.408. The average molecular weight is 389 g/mol. The fourth-order valence-electron chi connectivity index (χ4n) is 2.94. The van der Waals surface area contributed by atoms with Gasteiger partial charge in [-0.25, -0.2) is 0 Å². The van der Waals surface area contributed by atoms with Gasteiger partial charge >= 0.3 is 0 Å². The molecule has 1 saturated carbocycles. The second kappa shape index (κ2) is 7.80. The average Bonchev–Trinajstić information content (AvgIpc) is 2.39. The van der Waals surface area contributed by atoms with Gasteiger partial charge in [0.05, 0.1) is 0 Å². The van der Waals surface area contributed by atoms with E-state index in [9.17, 15) is 0 Å². The Morgan fingerprint density at radius 1 is 1.21 bits per heavy atom. The lowest BCUT2D eigenvalue weighted by Gasteiger charge is -2.23. The van der Waals surface area contributed by atoms with Gasteiger partial charge < -0.3 is 5.32 Å². The fourth-order valence-corrected chi connectivity index (χ4v) is 4.33. The molecule has 0 aliphatic heterocycles. The molecule has 106 valence electrons. The van der Waals surface area contributed by atoms with Crippen LogP contribution in [0.15, 0.2) is 27.1 Å². The first-order valence-electron chi connectivity index (χ1n) is 7.35. The van der Waals surface area contributed by atoms with Crippen LogP contribution in [0.2, 0.25) is 0 Å². The van der Waals surface area contributed by atoms with Crippen molar-refractivity contribution in [1.29, 1.82) is 0 Å². The second-order valence-corrected chi connectivity index (χ2v) is 7.40. The van der Waals surface area contributed by atoms with Gasteiger partial charge in [-0.15, -0.1) is 0 Å². The number of halogens is 2. The molecule has 1 aromatic carbocycles. The highest BCUT2D eigenvalue weighted by Crippen LogP contribution is 2.28. The van der Waals surface area contributed by atoms with Crippen LogP contribution in [0.25, 0.3) is 0 Å². The van der Waals surface area contributed by atoms with Gasteiger partial charge in [-0.05, 0) is 43.5 Å². The van der Waals surface area contributed by atoms with Gasteiger partial charge in [0, 0.05) is 15.0 Å². The Bertz CT molecular complexity index is 400. The van der Waals surface area contributed by atoms with Crippen LogP contribution in [0, 0.1) is 5.92 Å². The molecule has 0 bridgehead atoms. The summed E-state index contributed by atoms with van der Waals surface area (Å²) >= 11 is 7.15. The van der Waals surface area contributed by atoms with E-state index in [1.54, 1.807) is 0 Å². The Labute approximate surface area is 133 Å². The van der Waals surface area contributed by atoms with Gasteiger partial charge in [-0.3, -0.25) is 0 Å². The number of hydrogen-bond acceptors (Lipinski definition) is 1. The maximum absolute atomic E-state index is 3.66. The predicted octanol–water partition coefficient (Wildman–Crippen LogP) is 5.83. The first-order valence-corrected chi connectivity index (χ1v) is 8.93. The zero-order valence-electron chi connectivity index (χ0n) is 11.6. The van der Waals surface area contributed by atoms with Crippen LogP contribution in [0.1, 0.15) is 57.1 Å². The largest absolute Gasteiger partial charge is 0.310 e. The van der Waals surface area contributed by atoms with Crippen molar-refractivity contribution < 1.29 is 0 Å². The van der Waals surface area contributed by atoms with Crippen molar-refractivity contribution in [2.75, 3.05) is 6.54 Å². The van der Waals surface area contributed by atoms with Crippen molar-refractivity contribution in [3.8, 4) is 0 Å². The van der Waals surface area contributed by atoms with Crippen molar-refractivity contribution in [3.05, 3.63) is 32.7 Å². The molecule has 0 heterocycles. The summed E-state index contributed by atoms with van der Waals surface area (Å²) in [5.74, 6) is 0.960. The van der Waals surface area contributed by atoms with Gasteiger partial charge in [0.25, 0.3) is 0 Å². The molecule has 2 rings (SSSR count). The minimum Gasteiger partial charge on any atom is -0.310 e. The Kier molecular flexibility index (Phi) is 6.37. The summed E-state index contributed by atoms with van der Waals surface area (Å²) in [6.45, 7) is 3.38. The van der Waals surface area contributed by atoms with Crippen molar-refractivity contribution in [1.82, 2.24) is 5.32 Å². The van der Waals surface area contributed by atoms with E-state index < -0.39 is 0 Å². The van der Waals surface area contributed by atoms with Crippen molar-refractivity contribution >= 4 is 31.9 Å². The van der Waals surface area contributed by atoms with Gasteiger partial charge in [0.1, 0.15) is 0 Å². The third-order valence-corrected chi connectivity index (χ3v) is 5.34. The highest BCUT2D eigenvalue weighted by atomic mass is 79.9. The van der Waals surface area contributed by atoms with Gasteiger partial charge in [-0.1, -0.05) is 70.0 Å². The molecular formula is C16H23Br2N. The summed E-state index contributed by atoms with van der Waals surface area (Å²) in [4.78, 5) is 0. The summed E-state index contributed by atoms with van der Waals surface area (Å²) in [5, 5.41) is 3.66. The molecule has 1 nitrogen and oxygen atoms in total. The molecule has 19 heavy (non-hydrogen) atoms. The van der Waals surface area contributed by atoms with Crippen molar-refractivity contribution in [2.24, 2.45) is 5.92 Å². The van der Waals surface area contributed by atoms with Crippen LogP contribution in [-0.2, 0) is 0 Å². The predicted molar refractivity (Wildman–Crippen MR) is 89.5 cm³/mol. The minimum atomic E-state index is 0.408. The molecule has 1 aliphatic carbocycles. The van der Waals surface area contributed by atoms with Crippen LogP contribution in [0.3, 0.4) is 0 Å². The molecule has 0 radical (unpaired) electrons. The second-order valence-electron chi connectivity index (χ2n) is 5.63. The molecule has 1 N–H and O–H groups in total. The lowest BCUT2D eigenvalue weighted by atomic mass is 9.87. The van der Waals surface area contributed by atoms with E-state index in [0.29, 0.717) is 6.04 Å². The van der Waals surface area contributed by atoms with Gasteiger partial charge in [0.15, 0.2) is 0 Å². The first kappa shape index (κ1) is 15.5. The molecule has 1 unspecified atom stereocenters. The molecule has 0 amide bonds. The van der Waals surface area contributed by atoms with Gasteiger partial charge in [0.2, 0.25) is 0 Å². The highest BCUT2D eigenvalue weighted by molar-refractivity contribution is 9.11.